The van der Waals surface area contributed by atoms with Crippen molar-refractivity contribution in [1.29, 1.82) is 0 Å². The van der Waals surface area contributed by atoms with Gasteiger partial charge in [0.2, 0.25) is 0 Å². The van der Waals surface area contributed by atoms with Gasteiger partial charge in [0.25, 0.3) is 0 Å². The van der Waals surface area contributed by atoms with E-state index in [0.29, 0.717) is 16.5 Å². The summed E-state index contributed by atoms with van der Waals surface area (Å²) >= 11 is 9.02. The van der Waals surface area contributed by atoms with Crippen molar-refractivity contribution < 1.29 is 0 Å². The maximum Gasteiger partial charge on any atom is 0.144 e. The first kappa shape index (κ1) is 16.2. The fourth-order valence-corrected chi connectivity index (χ4v) is 3.75. The Bertz CT molecular complexity index is 510. The summed E-state index contributed by atoms with van der Waals surface area (Å²) in [5.41, 5.74) is 1.22. The molecule has 2 unspecified atom stereocenters. The lowest BCUT2D eigenvalue weighted by Gasteiger charge is -2.28. The average Bonchev–Trinajstić information content (AvgIpc) is 2.43. The Hall–Kier alpha value is -0.220. The van der Waals surface area contributed by atoms with E-state index in [2.05, 4.69) is 46.7 Å². The van der Waals surface area contributed by atoms with Gasteiger partial charge in [-0.2, -0.15) is 0 Å². The van der Waals surface area contributed by atoms with E-state index in [1.807, 2.05) is 0 Å². The van der Waals surface area contributed by atoms with Gasteiger partial charge in [-0.15, -0.1) is 0 Å². The maximum atomic E-state index is 5.43. The molecule has 0 saturated heterocycles. The minimum absolute atomic E-state index is 0.564. The first-order valence-electron chi connectivity index (χ1n) is 7.79. The van der Waals surface area contributed by atoms with E-state index >= 15 is 0 Å². The van der Waals surface area contributed by atoms with Crippen LogP contribution in [0.25, 0.3) is 0 Å². The molecule has 1 aromatic rings. The zero-order chi connectivity index (χ0) is 14.7. The molecule has 2 atom stereocenters. The Morgan fingerprint density at radius 2 is 2.15 bits per heavy atom. The van der Waals surface area contributed by atoms with Crippen molar-refractivity contribution in [2.45, 2.75) is 65.2 Å². The van der Waals surface area contributed by atoms with Crippen LogP contribution in [0.1, 0.15) is 70.3 Å². The third-order valence-electron chi connectivity index (χ3n) is 4.31. The summed E-state index contributed by atoms with van der Waals surface area (Å²) in [7, 11) is 0. The van der Waals surface area contributed by atoms with E-state index in [0.717, 1.165) is 22.6 Å². The number of aromatic nitrogens is 2. The van der Waals surface area contributed by atoms with Crippen molar-refractivity contribution in [3.63, 3.8) is 0 Å². The molecule has 2 rings (SSSR count). The van der Waals surface area contributed by atoms with Crippen LogP contribution in [0.3, 0.4) is 0 Å². The second-order valence-electron chi connectivity index (χ2n) is 6.46. The predicted octanol–water partition coefficient (Wildman–Crippen LogP) is 5.78. The molecule has 1 fully saturated rings. The molecule has 1 saturated carbocycles. The summed E-state index contributed by atoms with van der Waals surface area (Å²) in [5, 5.41) is 0. The van der Waals surface area contributed by atoms with Crippen molar-refractivity contribution in [3.8, 4) is 0 Å². The van der Waals surface area contributed by atoms with E-state index in [9.17, 15) is 0 Å². The van der Waals surface area contributed by atoms with E-state index in [1.54, 1.807) is 0 Å². The number of nitrogens with one attached hydrogen (secondary N) is 1. The summed E-state index contributed by atoms with van der Waals surface area (Å²) in [4.78, 5) is 8.22. The molecule has 0 amide bonds. The zero-order valence-electron chi connectivity index (χ0n) is 12.7. The summed E-state index contributed by atoms with van der Waals surface area (Å²) < 4.78 is 1.70. The molecule has 1 aliphatic carbocycles. The minimum Gasteiger partial charge on any atom is -0.346 e. The van der Waals surface area contributed by atoms with Crippen molar-refractivity contribution in [1.82, 2.24) is 9.97 Å². The zero-order valence-corrected chi connectivity index (χ0v) is 15.1. The molecular formula is C16H25BrN2S. The molecule has 1 heterocycles. The molecule has 0 aliphatic heterocycles. The number of H-pyrrole nitrogens is 1. The molecule has 0 aromatic carbocycles. The van der Waals surface area contributed by atoms with Crippen LogP contribution < -0.4 is 0 Å². The molecule has 1 N–H and O–H groups in total. The third-order valence-corrected chi connectivity index (χ3v) is 5.72. The van der Waals surface area contributed by atoms with Crippen LogP contribution in [0.2, 0.25) is 0 Å². The topological polar surface area (TPSA) is 28.7 Å². The highest BCUT2D eigenvalue weighted by Crippen LogP contribution is 2.36. The number of nitrogens with zero attached hydrogens (tertiary/aromatic N) is 1. The van der Waals surface area contributed by atoms with Gasteiger partial charge < -0.3 is 4.98 Å². The molecule has 0 radical (unpaired) electrons. The summed E-state index contributed by atoms with van der Waals surface area (Å²) in [6, 6.07) is 0. The van der Waals surface area contributed by atoms with Crippen LogP contribution in [0.5, 0.6) is 0 Å². The van der Waals surface area contributed by atoms with Crippen LogP contribution in [0, 0.1) is 16.5 Å². The highest BCUT2D eigenvalue weighted by Gasteiger charge is 2.24. The van der Waals surface area contributed by atoms with Crippen LogP contribution >= 0.6 is 28.1 Å². The van der Waals surface area contributed by atoms with Gasteiger partial charge in [0.05, 0.1) is 4.47 Å². The highest BCUT2D eigenvalue weighted by atomic mass is 79.9. The van der Waals surface area contributed by atoms with Crippen molar-refractivity contribution in [2.24, 2.45) is 11.8 Å². The number of aromatic amines is 1. The summed E-state index contributed by atoms with van der Waals surface area (Å²) in [5.74, 6) is 3.15. The molecular weight excluding hydrogens is 332 g/mol. The summed E-state index contributed by atoms with van der Waals surface area (Å²) in [6.07, 6.45) is 7.51. The molecule has 112 valence electrons. The van der Waals surface area contributed by atoms with Gasteiger partial charge in [0.1, 0.15) is 10.5 Å². The molecule has 0 bridgehead atoms. The van der Waals surface area contributed by atoms with Crippen LogP contribution in [0.4, 0.5) is 0 Å². The Balaban J connectivity index is 2.27. The molecule has 4 heteroatoms. The standard InChI is InChI=1S/C16H25BrN2S/c1-4-11-6-5-7-12(9-11)15-18-13(8-10(2)3)14(17)16(20)19-15/h10-12H,4-9H2,1-3H3,(H,18,19,20). The Labute approximate surface area is 135 Å². The minimum atomic E-state index is 0.564. The number of rotatable bonds is 4. The van der Waals surface area contributed by atoms with Crippen LogP contribution in [-0.4, -0.2) is 9.97 Å². The van der Waals surface area contributed by atoms with Crippen molar-refractivity contribution in [3.05, 3.63) is 20.6 Å². The molecule has 1 aliphatic rings. The molecule has 2 nitrogen and oxygen atoms in total. The van der Waals surface area contributed by atoms with E-state index in [4.69, 9.17) is 12.2 Å². The van der Waals surface area contributed by atoms with Crippen LogP contribution in [0.15, 0.2) is 4.47 Å². The van der Waals surface area contributed by atoms with Gasteiger partial charge in [-0.1, -0.05) is 52.3 Å². The number of hydrogen-bond donors (Lipinski definition) is 1. The Morgan fingerprint density at radius 3 is 2.80 bits per heavy atom. The second-order valence-corrected chi connectivity index (χ2v) is 7.64. The van der Waals surface area contributed by atoms with Crippen LogP contribution in [-0.2, 0) is 6.42 Å². The first-order chi connectivity index (χ1) is 9.51. The fourth-order valence-electron chi connectivity index (χ4n) is 3.18. The molecule has 1 aromatic heterocycles. The van der Waals surface area contributed by atoms with Crippen molar-refractivity contribution >= 4 is 28.1 Å². The maximum absolute atomic E-state index is 5.43. The van der Waals surface area contributed by atoms with Crippen molar-refractivity contribution in [2.75, 3.05) is 0 Å². The highest BCUT2D eigenvalue weighted by molar-refractivity contribution is 9.10. The van der Waals surface area contributed by atoms with Gasteiger partial charge in [0, 0.05) is 11.6 Å². The first-order valence-corrected chi connectivity index (χ1v) is 9.00. The fraction of sp³-hybridized carbons (Fsp3) is 0.750. The van der Waals surface area contributed by atoms with E-state index in [-0.39, 0.29) is 0 Å². The van der Waals surface area contributed by atoms with Gasteiger partial charge in [-0.25, -0.2) is 4.98 Å². The summed E-state index contributed by atoms with van der Waals surface area (Å²) in [6.45, 7) is 6.77. The van der Waals surface area contributed by atoms with Gasteiger partial charge in [0.15, 0.2) is 0 Å². The SMILES string of the molecule is CCC1CCCC(c2nc(=S)c(Br)c(CC(C)C)[nH]2)C1. The number of halogens is 1. The van der Waals surface area contributed by atoms with Gasteiger partial charge in [-0.3, -0.25) is 0 Å². The van der Waals surface area contributed by atoms with E-state index < -0.39 is 0 Å². The lowest BCUT2D eigenvalue weighted by Crippen LogP contribution is -2.17. The predicted molar refractivity (Wildman–Crippen MR) is 90.7 cm³/mol. The molecule has 0 spiro atoms. The van der Waals surface area contributed by atoms with E-state index in [1.165, 1.54) is 37.8 Å². The lowest BCUT2D eigenvalue weighted by atomic mass is 9.80. The largest absolute Gasteiger partial charge is 0.346 e. The quantitative estimate of drug-likeness (QED) is 0.692. The second kappa shape index (κ2) is 7.17. The Kier molecular flexibility index (Phi) is 5.79. The average molecular weight is 357 g/mol. The van der Waals surface area contributed by atoms with Gasteiger partial charge >= 0.3 is 0 Å². The number of hydrogen-bond acceptors (Lipinski definition) is 2. The monoisotopic (exact) mass is 356 g/mol. The molecule has 20 heavy (non-hydrogen) atoms. The smallest absolute Gasteiger partial charge is 0.144 e. The Morgan fingerprint density at radius 1 is 1.40 bits per heavy atom. The third kappa shape index (κ3) is 3.91. The van der Waals surface area contributed by atoms with Gasteiger partial charge in [-0.05, 0) is 47.0 Å². The normalized spacial score (nSPS) is 23.2. The lowest BCUT2D eigenvalue weighted by molar-refractivity contribution is 0.306.